The summed E-state index contributed by atoms with van der Waals surface area (Å²) in [6.45, 7) is 4.03. The predicted octanol–water partition coefficient (Wildman–Crippen LogP) is 3.49. The normalized spacial score (nSPS) is 21.6. The number of methoxy groups -OCH3 is 3. The number of aliphatic hydroxyl groups is 1. The lowest BCUT2D eigenvalue weighted by Crippen LogP contribution is -2.38. The van der Waals surface area contributed by atoms with E-state index in [2.05, 4.69) is 0 Å². The molecule has 0 radical (unpaired) electrons. The maximum Gasteiger partial charge on any atom is 0.202 e. The molecule has 4 rings (SSSR count). The number of rotatable bonds is 4. The Morgan fingerprint density at radius 3 is 2.47 bits per heavy atom. The van der Waals surface area contributed by atoms with Gasteiger partial charge in [-0.25, -0.2) is 0 Å². The number of benzene rings is 2. The first-order valence-corrected chi connectivity index (χ1v) is 9.83. The van der Waals surface area contributed by atoms with E-state index in [0.717, 1.165) is 12.0 Å². The van der Waals surface area contributed by atoms with Gasteiger partial charge in [-0.1, -0.05) is 0 Å². The largest absolute Gasteiger partial charge is 0.497 e. The monoisotopic (exact) mass is 414 g/mol. The number of Topliss-reactive ketones (excluding diaryl/α,β-unsaturated/α-hetero) is 1. The van der Waals surface area contributed by atoms with Crippen LogP contribution in [0.25, 0.3) is 0 Å². The molecule has 2 atom stereocenters. The summed E-state index contributed by atoms with van der Waals surface area (Å²) in [6.07, 6.45) is -0.885. The van der Waals surface area contributed by atoms with E-state index in [1.165, 1.54) is 14.2 Å². The van der Waals surface area contributed by atoms with E-state index in [-0.39, 0.29) is 11.2 Å². The van der Waals surface area contributed by atoms with Gasteiger partial charge in [0.2, 0.25) is 5.78 Å². The van der Waals surface area contributed by atoms with Crippen LogP contribution in [0.15, 0.2) is 24.3 Å². The number of hydrogen-bond donors (Lipinski definition) is 1. The summed E-state index contributed by atoms with van der Waals surface area (Å²) in [4.78, 5) is 13.2. The van der Waals surface area contributed by atoms with Crippen LogP contribution < -0.4 is 23.7 Å². The third-order valence-electron chi connectivity index (χ3n) is 5.68. The summed E-state index contributed by atoms with van der Waals surface area (Å²) in [6, 6.07) is 6.87. The maximum absolute atomic E-state index is 13.2. The highest BCUT2D eigenvalue weighted by Gasteiger charge is 2.43. The Morgan fingerprint density at radius 1 is 1.07 bits per heavy atom. The Kier molecular flexibility index (Phi) is 5.02. The van der Waals surface area contributed by atoms with Crippen LogP contribution in [0.3, 0.4) is 0 Å². The number of hydrogen-bond acceptors (Lipinski definition) is 7. The highest BCUT2D eigenvalue weighted by Crippen LogP contribution is 2.50. The number of ether oxygens (including phenoxy) is 5. The molecule has 0 aliphatic carbocycles. The number of fused-ring (bicyclic) bond motifs is 3. The summed E-state index contributed by atoms with van der Waals surface area (Å²) in [5.41, 5.74) is 1.28. The van der Waals surface area contributed by atoms with Crippen molar-refractivity contribution in [3.05, 3.63) is 41.0 Å². The summed E-state index contributed by atoms with van der Waals surface area (Å²) >= 11 is 0. The van der Waals surface area contributed by atoms with E-state index >= 15 is 0 Å². The molecule has 0 unspecified atom stereocenters. The molecule has 0 saturated carbocycles. The topological polar surface area (TPSA) is 83.5 Å². The first kappa shape index (κ1) is 20.3. The molecule has 1 N–H and O–H groups in total. The minimum Gasteiger partial charge on any atom is -0.497 e. The summed E-state index contributed by atoms with van der Waals surface area (Å²) in [7, 11) is 4.55. The Bertz CT molecular complexity index is 996. The molecule has 0 bridgehead atoms. The van der Waals surface area contributed by atoms with Crippen LogP contribution in [-0.4, -0.2) is 43.9 Å². The van der Waals surface area contributed by atoms with Gasteiger partial charge in [0, 0.05) is 23.3 Å². The molecular weight excluding hydrogens is 388 g/mol. The lowest BCUT2D eigenvalue weighted by Gasteiger charge is -2.37. The molecule has 0 aromatic heterocycles. The van der Waals surface area contributed by atoms with Crippen LogP contribution in [0.4, 0.5) is 0 Å². The quantitative estimate of drug-likeness (QED) is 0.820. The summed E-state index contributed by atoms with van der Waals surface area (Å²) < 4.78 is 28.6. The van der Waals surface area contributed by atoms with Gasteiger partial charge in [-0.15, -0.1) is 0 Å². The zero-order valence-corrected chi connectivity index (χ0v) is 17.8. The Morgan fingerprint density at radius 2 is 1.80 bits per heavy atom. The van der Waals surface area contributed by atoms with Gasteiger partial charge in [-0.3, -0.25) is 4.79 Å². The van der Waals surface area contributed by atoms with Crippen molar-refractivity contribution >= 4 is 5.78 Å². The van der Waals surface area contributed by atoms with Crippen LogP contribution in [0.5, 0.6) is 28.7 Å². The number of aliphatic hydroxyl groups excluding tert-OH is 1. The number of carbonyl (C=O) groups excluding carboxylic acids is 1. The zero-order valence-electron chi connectivity index (χ0n) is 17.8. The van der Waals surface area contributed by atoms with Gasteiger partial charge < -0.3 is 28.8 Å². The first-order chi connectivity index (χ1) is 14.3. The van der Waals surface area contributed by atoms with Gasteiger partial charge in [0.05, 0.1) is 21.3 Å². The van der Waals surface area contributed by atoms with Crippen molar-refractivity contribution < 1.29 is 33.6 Å². The van der Waals surface area contributed by atoms with Gasteiger partial charge >= 0.3 is 0 Å². The lowest BCUT2D eigenvalue weighted by molar-refractivity contribution is 0.0183. The van der Waals surface area contributed by atoms with E-state index in [1.54, 1.807) is 31.4 Å². The van der Waals surface area contributed by atoms with E-state index < -0.39 is 18.0 Å². The highest BCUT2D eigenvalue weighted by atomic mass is 16.5. The molecule has 0 saturated heterocycles. The van der Waals surface area contributed by atoms with E-state index in [0.29, 0.717) is 40.7 Å². The van der Waals surface area contributed by atoms with Crippen LogP contribution in [0, 0.1) is 0 Å². The molecule has 2 aliphatic heterocycles. The van der Waals surface area contributed by atoms with Crippen molar-refractivity contribution in [3.8, 4) is 28.7 Å². The van der Waals surface area contributed by atoms with E-state index in [9.17, 15) is 9.90 Å². The van der Waals surface area contributed by atoms with Gasteiger partial charge in [0.25, 0.3) is 0 Å². The molecule has 160 valence electrons. The minimum absolute atomic E-state index is 0.246. The second-order valence-corrected chi connectivity index (χ2v) is 8.08. The van der Waals surface area contributed by atoms with Crippen molar-refractivity contribution in [1.82, 2.24) is 0 Å². The molecule has 2 aromatic rings. The molecule has 0 fully saturated rings. The van der Waals surface area contributed by atoms with Crippen LogP contribution in [0.2, 0.25) is 0 Å². The maximum atomic E-state index is 13.2. The van der Waals surface area contributed by atoms with Crippen molar-refractivity contribution in [2.45, 2.75) is 44.5 Å². The van der Waals surface area contributed by atoms with Gasteiger partial charge in [0.15, 0.2) is 12.2 Å². The molecule has 0 amide bonds. The standard InChI is InChI=1S/C23H26O7/c1-23(2)9-8-14-16(30-23)11-17(28-5)18-19(24)20(25)22(29-21(14)18)13-7-6-12(26-3)10-15(13)27-4/h6-7,10-11,20,22,25H,8-9H2,1-5H3/t20-,22+/m0/s1. The molecule has 2 aromatic carbocycles. The fraction of sp³-hybridized carbons (Fsp3) is 0.435. The Balaban J connectivity index is 1.85. The van der Waals surface area contributed by atoms with Crippen LogP contribution >= 0.6 is 0 Å². The molecule has 7 heteroatoms. The lowest BCUT2D eigenvalue weighted by atomic mass is 9.87. The van der Waals surface area contributed by atoms with Crippen LogP contribution in [-0.2, 0) is 6.42 Å². The Labute approximate surface area is 175 Å². The van der Waals surface area contributed by atoms with Gasteiger partial charge in [-0.05, 0) is 38.8 Å². The molecular formula is C23H26O7. The zero-order chi connectivity index (χ0) is 21.6. The summed E-state index contributed by atoms with van der Waals surface area (Å²) in [5.74, 6) is 1.96. The van der Waals surface area contributed by atoms with Gasteiger partial charge in [0.1, 0.15) is 39.9 Å². The van der Waals surface area contributed by atoms with E-state index in [1.807, 2.05) is 13.8 Å². The number of ketones is 1. The third kappa shape index (κ3) is 3.23. The Hall–Kier alpha value is -2.93. The predicted molar refractivity (Wildman–Crippen MR) is 109 cm³/mol. The number of carbonyl (C=O) groups is 1. The SMILES string of the molecule is COc1ccc([C@H]2Oc3c4c(cc(OC)c3C(=O)[C@@H]2O)OC(C)(C)CC4)c(OC)c1. The third-order valence-corrected chi connectivity index (χ3v) is 5.68. The molecule has 0 spiro atoms. The average molecular weight is 414 g/mol. The molecule has 2 aliphatic rings. The molecule has 2 heterocycles. The van der Waals surface area contributed by atoms with Crippen molar-refractivity contribution in [2.24, 2.45) is 0 Å². The first-order valence-electron chi connectivity index (χ1n) is 9.83. The average Bonchev–Trinajstić information content (AvgIpc) is 2.73. The molecule has 7 nitrogen and oxygen atoms in total. The fourth-order valence-electron chi connectivity index (χ4n) is 4.04. The second-order valence-electron chi connectivity index (χ2n) is 8.08. The highest BCUT2D eigenvalue weighted by molar-refractivity contribution is 6.06. The smallest absolute Gasteiger partial charge is 0.202 e. The molecule has 30 heavy (non-hydrogen) atoms. The van der Waals surface area contributed by atoms with Crippen molar-refractivity contribution in [2.75, 3.05) is 21.3 Å². The van der Waals surface area contributed by atoms with Gasteiger partial charge in [-0.2, -0.15) is 0 Å². The van der Waals surface area contributed by atoms with Crippen molar-refractivity contribution in [1.29, 1.82) is 0 Å². The second kappa shape index (κ2) is 7.40. The fourth-order valence-corrected chi connectivity index (χ4v) is 4.04. The summed E-state index contributed by atoms with van der Waals surface area (Å²) in [5, 5.41) is 10.8. The van der Waals surface area contributed by atoms with Crippen LogP contribution in [0.1, 0.15) is 47.9 Å². The minimum atomic E-state index is -1.41. The van der Waals surface area contributed by atoms with E-state index in [4.69, 9.17) is 23.7 Å². The van der Waals surface area contributed by atoms with Crippen molar-refractivity contribution in [3.63, 3.8) is 0 Å².